The summed E-state index contributed by atoms with van der Waals surface area (Å²) in [5, 5.41) is 8.39. The molecule has 3 aromatic rings. The van der Waals surface area contributed by atoms with Gasteiger partial charge in [0.2, 0.25) is 10.0 Å². The van der Waals surface area contributed by atoms with Crippen LogP contribution in [0.15, 0.2) is 45.8 Å². The monoisotopic (exact) mass is 403 g/mol. The molecule has 0 saturated carbocycles. The highest BCUT2D eigenvalue weighted by atomic mass is 32.2. The van der Waals surface area contributed by atoms with Crippen LogP contribution in [0, 0.1) is 13.8 Å². The number of sulfonamides is 1. The van der Waals surface area contributed by atoms with Crippen LogP contribution in [0.5, 0.6) is 0 Å². The summed E-state index contributed by atoms with van der Waals surface area (Å²) in [5.74, 6) is 0.442. The summed E-state index contributed by atoms with van der Waals surface area (Å²) in [7, 11) is 0.201. The maximum absolute atomic E-state index is 12.8. The van der Waals surface area contributed by atoms with Crippen LogP contribution in [-0.2, 0) is 23.1 Å². The quantitative estimate of drug-likeness (QED) is 0.620. The zero-order valence-corrected chi connectivity index (χ0v) is 17.3. The van der Waals surface area contributed by atoms with Crippen LogP contribution in [0.3, 0.4) is 0 Å². The minimum atomic E-state index is -3.73. The smallest absolute Gasteiger partial charge is 0.244 e. The van der Waals surface area contributed by atoms with Gasteiger partial charge in [-0.05, 0) is 27.9 Å². The third kappa shape index (κ3) is 4.49. The van der Waals surface area contributed by atoms with Crippen molar-refractivity contribution in [3.05, 3.63) is 53.5 Å². The van der Waals surface area contributed by atoms with E-state index in [4.69, 9.17) is 4.52 Å². The van der Waals surface area contributed by atoms with Crippen LogP contribution in [0.25, 0.3) is 11.3 Å². The number of aromatic nitrogens is 3. The topological polar surface area (TPSA) is 93.3 Å². The highest BCUT2D eigenvalue weighted by Gasteiger charge is 2.25. The molecule has 0 fully saturated rings. The van der Waals surface area contributed by atoms with Gasteiger partial charge in [0, 0.05) is 18.2 Å². The second-order valence-corrected chi connectivity index (χ2v) is 8.60. The molecule has 0 radical (unpaired) electrons. The molecule has 8 nitrogen and oxygen atoms in total. The highest BCUT2D eigenvalue weighted by molar-refractivity contribution is 7.89. The largest absolute Gasteiger partial charge is 0.359 e. The van der Waals surface area contributed by atoms with Gasteiger partial charge in [0.1, 0.15) is 10.6 Å². The normalized spacial score (nSPS) is 12.0. The van der Waals surface area contributed by atoms with Crippen LogP contribution >= 0.6 is 0 Å². The molecule has 0 atom stereocenters. The third-order valence-corrected chi connectivity index (χ3v) is 6.06. The molecule has 0 aliphatic carbocycles. The van der Waals surface area contributed by atoms with Gasteiger partial charge >= 0.3 is 0 Å². The SMILES string of the molecule is Cc1nn(CCN(C)C)c(C)c1S(=O)(=O)NCc1cc(-c2ccccc2)no1. The van der Waals surface area contributed by atoms with Gasteiger partial charge < -0.3 is 9.42 Å². The van der Waals surface area contributed by atoms with Crippen LogP contribution in [0.1, 0.15) is 17.1 Å². The molecule has 2 aromatic heterocycles. The molecule has 9 heteroatoms. The van der Waals surface area contributed by atoms with Gasteiger partial charge in [-0.3, -0.25) is 4.68 Å². The number of rotatable bonds is 8. The summed E-state index contributed by atoms with van der Waals surface area (Å²) in [4.78, 5) is 2.24. The first kappa shape index (κ1) is 20.2. The number of hydrogen-bond donors (Lipinski definition) is 1. The van der Waals surface area contributed by atoms with E-state index >= 15 is 0 Å². The molecular formula is C19H25N5O3S. The van der Waals surface area contributed by atoms with E-state index in [0.29, 0.717) is 29.4 Å². The Morgan fingerprint density at radius 2 is 1.89 bits per heavy atom. The van der Waals surface area contributed by atoms with Crippen LogP contribution in [0.2, 0.25) is 0 Å². The van der Waals surface area contributed by atoms with Crippen molar-refractivity contribution in [1.29, 1.82) is 0 Å². The van der Waals surface area contributed by atoms with Gasteiger partial charge in [0.15, 0.2) is 5.76 Å². The van der Waals surface area contributed by atoms with Crippen LogP contribution in [0.4, 0.5) is 0 Å². The molecule has 0 aliphatic rings. The van der Waals surface area contributed by atoms with E-state index in [-0.39, 0.29) is 11.4 Å². The van der Waals surface area contributed by atoms with Crippen molar-refractivity contribution in [2.75, 3.05) is 20.6 Å². The Bertz CT molecular complexity index is 1040. The minimum absolute atomic E-state index is 0.0178. The average Bonchev–Trinajstić information content (AvgIpc) is 3.23. The summed E-state index contributed by atoms with van der Waals surface area (Å²) in [6.07, 6.45) is 0. The number of nitrogens with one attached hydrogen (secondary N) is 1. The lowest BCUT2D eigenvalue weighted by atomic mass is 10.1. The Kier molecular flexibility index (Phi) is 5.97. The average molecular weight is 404 g/mol. The molecule has 2 heterocycles. The van der Waals surface area contributed by atoms with Crippen molar-refractivity contribution in [2.24, 2.45) is 0 Å². The first-order chi connectivity index (χ1) is 13.3. The second kappa shape index (κ2) is 8.26. The molecule has 0 bridgehead atoms. The lowest BCUT2D eigenvalue weighted by Crippen LogP contribution is -2.24. The summed E-state index contributed by atoms with van der Waals surface area (Å²) in [6.45, 7) is 4.89. The van der Waals surface area contributed by atoms with Crippen LogP contribution in [-0.4, -0.2) is 48.9 Å². The maximum Gasteiger partial charge on any atom is 0.244 e. The number of aryl methyl sites for hydroxylation is 1. The highest BCUT2D eigenvalue weighted by Crippen LogP contribution is 2.21. The summed E-state index contributed by atoms with van der Waals surface area (Å²) < 4.78 is 35.3. The van der Waals surface area contributed by atoms with Gasteiger partial charge in [-0.2, -0.15) is 5.10 Å². The first-order valence-corrected chi connectivity index (χ1v) is 10.5. The van der Waals surface area contributed by atoms with Crippen molar-refractivity contribution in [3.8, 4) is 11.3 Å². The number of nitrogens with zero attached hydrogens (tertiary/aromatic N) is 4. The van der Waals surface area contributed by atoms with Gasteiger partial charge in [-0.25, -0.2) is 13.1 Å². The Morgan fingerprint density at radius 1 is 1.18 bits per heavy atom. The fraction of sp³-hybridized carbons (Fsp3) is 0.368. The third-order valence-electron chi connectivity index (χ3n) is 4.41. The Balaban J connectivity index is 1.73. The van der Waals surface area contributed by atoms with Crippen molar-refractivity contribution >= 4 is 10.0 Å². The number of hydrogen-bond acceptors (Lipinski definition) is 6. The molecule has 0 saturated heterocycles. The van der Waals surface area contributed by atoms with E-state index in [1.165, 1.54) is 0 Å². The predicted octanol–water partition coefficient (Wildman–Crippen LogP) is 2.20. The van der Waals surface area contributed by atoms with Gasteiger partial charge in [0.05, 0.1) is 24.5 Å². The Labute approximate surface area is 165 Å². The molecule has 1 N–H and O–H groups in total. The summed E-state index contributed by atoms with van der Waals surface area (Å²) >= 11 is 0. The molecular weight excluding hydrogens is 378 g/mol. The van der Waals surface area contributed by atoms with Gasteiger partial charge in [-0.15, -0.1) is 0 Å². The van der Waals surface area contributed by atoms with E-state index < -0.39 is 10.0 Å². The van der Waals surface area contributed by atoms with Gasteiger partial charge in [0.25, 0.3) is 0 Å². The van der Waals surface area contributed by atoms with Crippen molar-refractivity contribution in [1.82, 2.24) is 24.6 Å². The van der Waals surface area contributed by atoms with Gasteiger partial charge in [-0.1, -0.05) is 35.5 Å². The molecule has 0 aliphatic heterocycles. The lowest BCUT2D eigenvalue weighted by Gasteiger charge is -2.11. The van der Waals surface area contributed by atoms with Crippen LogP contribution < -0.4 is 4.72 Å². The standard InChI is InChI=1S/C19H25N5O3S/c1-14-19(15(2)24(21-14)11-10-23(3)4)28(25,26)20-13-17-12-18(22-27-17)16-8-6-5-7-9-16/h5-9,12,20H,10-11,13H2,1-4H3. The minimum Gasteiger partial charge on any atom is -0.359 e. The Hall–Kier alpha value is -2.49. The van der Waals surface area contributed by atoms with E-state index in [1.807, 2.05) is 49.3 Å². The Morgan fingerprint density at radius 3 is 2.57 bits per heavy atom. The first-order valence-electron chi connectivity index (χ1n) is 8.97. The fourth-order valence-corrected chi connectivity index (χ4v) is 4.36. The second-order valence-electron chi connectivity index (χ2n) is 6.90. The maximum atomic E-state index is 12.8. The van der Waals surface area contributed by atoms with Crippen molar-refractivity contribution in [2.45, 2.75) is 31.8 Å². The fourth-order valence-electron chi connectivity index (χ4n) is 2.96. The lowest BCUT2D eigenvalue weighted by molar-refractivity contribution is 0.370. The summed E-state index contributed by atoms with van der Waals surface area (Å²) in [5.41, 5.74) is 2.67. The molecule has 0 amide bonds. The van der Waals surface area contributed by atoms with E-state index in [9.17, 15) is 8.42 Å². The summed E-state index contributed by atoms with van der Waals surface area (Å²) in [6, 6.07) is 11.3. The zero-order chi connectivity index (χ0) is 20.3. The number of benzene rings is 1. The molecule has 1 aromatic carbocycles. The molecule has 0 unspecified atom stereocenters. The predicted molar refractivity (Wildman–Crippen MR) is 106 cm³/mol. The molecule has 0 spiro atoms. The number of likely N-dealkylation sites (N-methyl/N-ethyl adjacent to an activating group) is 1. The molecule has 28 heavy (non-hydrogen) atoms. The van der Waals surface area contributed by atoms with E-state index in [1.54, 1.807) is 24.6 Å². The van der Waals surface area contributed by atoms with Crippen molar-refractivity contribution in [3.63, 3.8) is 0 Å². The molecule has 150 valence electrons. The zero-order valence-electron chi connectivity index (χ0n) is 16.5. The van der Waals surface area contributed by atoms with Crippen molar-refractivity contribution < 1.29 is 12.9 Å². The van der Waals surface area contributed by atoms with E-state index in [0.717, 1.165) is 12.1 Å². The molecule has 3 rings (SSSR count). The van der Waals surface area contributed by atoms with E-state index in [2.05, 4.69) is 15.0 Å².